The second kappa shape index (κ2) is 8.61. The number of tetrazole rings is 1. The van der Waals surface area contributed by atoms with E-state index in [-0.39, 0.29) is 0 Å². The minimum atomic E-state index is 0.847. The van der Waals surface area contributed by atoms with E-state index in [1.54, 1.807) is 16.4 Å². The van der Waals surface area contributed by atoms with Crippen LogP contribution in [0.1, 0.15) is 17.5 Å². The van der Waals surface area contributed by atoms with Gasteiger partial charge in [-0.25, -0.2) is 0 Å². The third-order valence-electron chi connectivity index (χ3n) is 3.85. The zero-order chi connectivity index (χ0) is 16.6. The number of nitrogens with zero attached hydrogens (tertiary/aromatic N) is 4. The van der Waals surface area contributed by atoms with E-state index in [9.17, 15) is 0 Å². The molecule has 2 aromatic carbocycles. The van der Waals surface area contributed by atoms with Gasteiger partial charge in [-0.15, -0.1) is 5.10 Å². The van der Waals surface area contributed by atoms with Crippen molar-refractivity contribution < 1.29 is 5.32 Å². The maximum Gasteiger partial charge on any atom is 0.214 e. The van der Waals surface area contributed by atoms with Crippen LogP contribution in [0.3, 0.4) is 0 Å². The van der Waals surface area contributed by atoms with Crippen molar-refractivity contribution >= 4 is 11.8 Å². The summed E-state index contributed by atoms with van der Waals surface area (Å²) in [6.45, 7) is 4.32. The van der Waals surface area contributed by atoms with Gasteiger partial charge in [0.05, 0.1) is 12.2 Å². The first kappa shape index (κ1) is 16.7. The van der Waals surface area contributed by atoms with Crippen LogP contribution in [0.15, 0.2) is 59.8 Å². The van der Waals surface area contributed by atoms with Crippen molar-refractivity contribution in [3.63, 3.8) is 0 Å². The second-order valence-corrected chi connectivity index (χ2v) is 6.68. The average Bonchev–Trinajstić information content (AvgIpc) is 3.09. The zero-order valence-corrected chi connectivity index (χ0v) is 14.6. The van der Waals surface area contributed by atoms with Gasteiger partial charge in [0, 0.05) is 17.7 Å². The van der Waals surface area contributed by atoms with E-state index in [1.807, 2.05) is 30.3 Å². The molecule has 0 spiro atoms. The van der Waals surface area contributed by atoms with E-state index < -0.39 is 0 Å². The Labute approximate surface area is 146 Å². The lowest BCUT2D eigenvalue weighted by Gasteiger charge is -2.05. The summed E-state index contributed by atoms with van der Waals surface area (Å²) in [5, 5.41) is 15.2. The second-order valence-electron chi connectivity index (χ2n) is 5.62. The summed E-state index contributed by atoms with van der Waals surface area (Å²) in [6, 6.07) is 18.6. The molecule has 0 radical (unpaired) electrons. The van der Waals surface area contributed by atoms with Crippen LogP contribution in [0.4, 0.5) is 0 Å². The van der Waals surface area contributed by atoms with Crippen molar-refractivity contribution in [3.05, 3.63) is 65.7 Å². The molecule has 0 fully saturated rings. The highest BCUT2D eigenvalue weighted by Gasteiger charge is 2.08. The average molecular weight is 340 g/mol. The highest BCUT2D eigenvalue weighted by atomic mass is 32.2. The summed E-state index contributed by atoms with van der Waals surface area (Å²) in [4.78, 5) is 0. The Bertz CT molecular complexity index is 757. The number of quaternary nitrogens is 1. The van der Waals surface area contributed by atoms with Crippen LogP contribution in [0, 0.1) is 6.92 Å². The number of aromatic nitrogens is 4. The first-order valence-corrected chi connectivity index (χ1v) is 9.16. The number of thioether (sulfide) groups is 1. The van der Waals surface area contributed by atoms with E-state index in [2.05, 4.69) is 52.0 Å². The standard InChI is InChI=1S/C18H21N5S/c1-15-8-5-6-9-16(15)14-19-12-7-13-24-18-20-21-22-23(18)17-10-3-2-4-11-17/h2-6,8-11,19H,7,12-14H2,1H3/p+1. The lowest BCUT2D eigenvalue weighted by atomic mass is 10.1. The molecule has 1 heterocycles. The monoisotopic (exact) mass is 340 g/mol. The largest absolute Gasteiger partial charge is 0.342 e. The Kier molecular flexibility index (Phi) is 5.98. The van der Waals surface area contributed by atoms with Crippen molar-refractivity contribution in [1.29, 1.82) is 0 Å². The summed E-state index contributed by atoms with van der Waals surface area (Å²) in [5.74, 6) is 1.01. The molecule has 0 aliphatic rings. The Hall–Kier alpha value is -2.18. The van der Waals surface area contributed by atoms with Gasteiger partial charge in [-0.1, -0.05) is 54.2 Å². The van der Waals surface area contributed by atoms with Gasteiger partial charge in [-0.05, 0) is 35.0 Å². The summed E-state index contributed by atoms with van der Waals surface area (Å²) >= 11 is 1.70. The van der Waals surface area contributed by atoms with Crippen molar-refractivity contribution in [2.24, 2.45) is 0 Å². The Balaban J connectivity index is 1.42. The van der Waals surface area contributed by atoms with Gasteiger partial charge in [0.1, 0.15) is 6.54 Å². The lowest BCUT2D eigenvalue weighted by molar-refractivity contribution is -0.670. The molecule has 6 heteroatoms. The van der Waals surface area contributed by atoms with E-state index in [0.717, 1.165) is 36.1 Å². The molecule has 0 saturated heterocycles. The molecule has 5 nitrogen and oxygen atoms in total. The van der Waals surface area contributed by atoms with Crippen LogP contribution in [-0.4, -0.2) is 32.5 Å². The Morgan fingerprint density at radius 1 is 1.04 bits per heavy atom. The number of nitrogens with two attached hydrogens (primary N) is 1. The molecule has 3 aromatic rings. The van der Waals surface area contributed by atoms with E-state index in [4.69, 9.17) is 0 Å². The van der Waals surface area contributed by atoms with Crippen LogP contribution in [0.2, 0.25) is 0 Å². The summed E-state index contributed by atoms with van der Waals surface area (Å²) in [7, 11) is 0. The normalized spacial score (nSPS) is 10.9. The molecular weight excluding hydrogens is 318 g/mol. The number of hydrogen-bond donors (Lipinski definition) is 1. The first-order valence-electron chi connectivity index (χ1n) is 8.17. The van der Waals surface area contributed by atoms with Gasteiger partial charge in [-0.2, -0.15) is 4.68 Å². The van der Waals surface area contributed by atoms with Crippen molar-refractivity contribution in [2.75, 3.05) is 12.3 Å². The summed E-state index contributed by atoms with van der Waals surface area (Å²) in [5.41, 5.74) is 3.78. The topological polar surface area (TPSA) is 60.2 Å². The van der Waals surface area contributed by atoms with Gasteiger partial charge in [0.2, 0.25) is 5.16 Å². The van der Waals surface area contributed by atoms with Crippen molar-refractivity contribution in [3.8, 4) is 5.69 Å². The Morgan fingerprint density at radius 3 is 2.67 bits per heavy atom. The Morgan fingerprint density at radius 2 is 1.83 bits per heavy atom. The third kappa shape index (κ3) is 4.43. The van der Waals surface area contributed by atoms with Gasteiger partial charge < -0.3 is 5.32 Å². The minimum absolute atomic E-state index is 0.847. The molecule has 2 N–H and O–H groups in total. The fourth-order valence-corrected chi connectivity index (χ4v) is 3.34. The molecule has 3 rings (SSSR count). The molecule has 0 unspecified atom stereocenters. The van der Waals surface area contributed by atoms with Gasteiger partial charge in [0.25, 0.3) is 0 Å². The first-order chi connectivity index (χ1) is 11.8. The maximum atomic E-state index is 4.12. The van der Waals surface area contributed by atoms with Gasteiger partial charge in [-0.3, -0.25) is 0 Å². The van der Waals surface area contributed by atoms with E-state index in [1.165, 1.54) is 11.1 Å². The number of rotatable bonds is 8. The van der Waals surface area contributed by atoms with Gasteiger partial charge in [0.15, 0.2) is 0 Å². The smallest absolute Gasteiger partial charge is 0.214 e. The van der Waals surface area contributed by atoms with Crippen LogP contribution in [0.25, 0.3) is 5.69 Å². The molecule has 1 aromatic heterocycles. The molecule has 0 amide bonds. The lowest BCUT2D eigenvalue weighted by Crippen LogP contribution is -2.82. The molecule has 124 valence electrons. The highest BCUT2D eigenvalue weighted by Crippen LogP contribution is 2.18. The quantitative estimate of drug-likeness (QED) is 0.504. The third-order valence-corrected chi connectivity index (χ3v) is 4.86. The number of aryl methyl sites for hydroxylation is 1. The molecule has 0 bridgehead atoms. The maximum absolute atomic E-state index is 4.12. The van der Waals surface area contributed by atoms with Crippen molar-refractivity contribution in [2.45, 2.75) is 25.0 Å². The van der Waals surface area contributed by atoms with Gasteiger partial charge >= 0.3 is 0 Å². The van der Waals surface area contributed by atoms with E-state index in [0.29, 0.717) is 0 Å². The van der Waals surface area contributed by atoms with E-state index >= 15 is 0 Å². The van der Waals surface area contributed by atoms with Crippen LogP contribution < -0.4 is 5.32 Å². The fraction of sp³-hybridized carbons (Fsp3) is 0.278. The van der Waals surface area contributed by atoms with Crippen LogP contribution in [-0.2, 0) is 6.54 Å². The number of benzene rings is 2. The molecule has 0 aliphatic heterocycles. The summed E-state index contributed by atoms with van der Waals surface area (Å²) < 4.78 is 1.79. The number of para-hydroxylation sites is 1. The molecule has 0 aliphatic carbocycles. The molecule has 0 atom stereocenters. The fourth-order valence-electron chi connectivity index (χ4n) is 2.49. The molecule has 24 heavy (non-hydrogen) atoms. The minimum Gasteiger partial charge on any atom is -0.342 e. The van der Waals surface area contributed by atoms with Crippen molar-refractivity contribution in [1.82, 2.24) is 20.2 Å². The predicted molar refractivity (Wildman–Crippen MR) is 96.2 cm³/mol. The number of hydrogen-bond acceptors (Lipinski definition) is 4. The SMILES string of the molecule is Cc1ccccc1C[NH2+]CCCSc1nnnn1-c1ccccc1. The molecule has 0 saturated carbocycles. The van der Waals surface area contributed by atoms with Crippen LogP contribution >= 0.6 is 11.8 Å². The predicted octanol–water partition coefficient (Wildman–Crippen LogP) is 2.22. The van der Waals surface area contributed by atoms with Crippen LogP contribution in [0.5, 0.6) is 0 Å². The molecular formula is C18H22N5S+. The highest BCUT2D eigenvalue weighted by molar-refractivity contribution is 7.99. The zero-order valence-electron chi connectivity index (χ0n) is 13.8. The summed E-state index contributed by atoms with van der Waals surface area (Å²) in [6.07, 6.45) is 1.12.